The van der Waals surface area contributed by atoms with Gasteiger partial charge in [0.2, 0.25) is 5.91 Å². The lowest BCUT2D eigenvalue weighted by Crippen LogP contribution is -2.31. The van der Waals surface area contributed by atoms with Crippen LogP contribution in [0.1, 0.15) is 24.2 Å². The summed E-state index contributed by atoms with van der Waals surface area (Å²) >= 11 is 1.33. The van der Waals surface area contributed by atoms with Crippen LogP contribution in [0.4, 0.5) is 13.2 Å². The minimum absolute atomic E-state index is 0.0658. The van der Waals surface area contributed by atoms with E-state index in [-0.39, 0.29) is 18.1 Å². The number of carbonyl (C=O) groups is 1. The van der Waals surface area contributed by atoms with Gasteiger partial charge >= 0.3 is 0 Å². The Balaban J connectivity index is 1.70. The quantitative estimate of drug-likeness (QED) is 0.615. The zero-order valence-electron chi connectivity index (χ0n) is 14.7. The van der Waals surface area contributed by atoms with Crippen LogP contribution in [0.2, 0.25) is 0 Å². The maximum absolute atomic E-state index is 13.4. The van der Waals surface area contributed by atoms with E-state index in [2.05, 4.69) is 4.98 Å². The zero-order valence-corrected chi connectivity index (χ0v) is 15.6. The van der Waals surface area contributed by atoms with Crippen molar-refractivity contribution in [2.75, 3.05) is 7.05 Å². The molecule has 3 rings (SSSR count). The number of halogens is 3. The van der Waals surface area contributed by atoms with Crippen LogP contribution >= 0.6 is 11.3 Å². The SMILES string of the molecule is CC(c1ccc(F)c(F)c1)N(C)C(=O)Cc1csc(-c2cccc(F)c2)n1. The van der Waals surface area contributed by atoms with Crippen LogP contribution in [0.15, 0.2) is 47.8 Å². The Morgan fingerprint density at radius 3 is 2.63 bits per heavy atom. The minimum atomic E-state index is -0.945. The van der Waals surface area contributed by atoms with Crippen molar-refractivity contribution in [3.05, 3.63) is 76.6 Å². The first-order chi connectivity index (χ1) is 12.8. The van der Waals surface area contributed by atoms with Crippen molar-refractivity contribution in [3.8, 4) is 10.6 Å². The van der Waals surface area contributed by atoms with Crippen molar-refractivity contribution < 1.29 is 18.0 Å². The number of thiazole rings is 1. The summed E-state index contributed by atoms with van der Waals surface area (Å²) in [5, 5.41) is 2.39. The molecule has 2 aromatic carbocycles. The number of likely N-dealkylation sites (N-methyl/N-ethyl adjacent to an activating group) is 1. The van der Waals surface area contributed by atoms with Gasteiger partial charge in [-0.05, 0) is 36.8 Å². The van der Waals surface area contributed by atoms with Gasteiger partial charge in [-0.25, -0.2) is 18.2 Å². The first kappa shape index (κ1) is 19.1. The Labute approximate surface area is 159 Å². The van der Waals surface area contributed by atoms with Gasteiger partial charge in [-0.15, -0.1) is 11.3 Å². The molecular formula is C20H17F3N2OS. The second-order valence-corrected chi connectivity index (χ2v) is 7.04. The van der Waals surface area contributed by atoms with Crippen LogP contribution in [0, 0.1) is 17.5 Å². The molecular weight excluding hydrogens is 373 g/mol. The molecule has 0 spiro atoms. The molecule has 1 heterocycles. The average Bonchev–Trinajstić information content (AvgIpc) is 3.11. The van der Waals surface area contributed by atoms with Gasteiger partial charge in [0, 0.05) is 18.0 Å². The van der Waals surface area contributed by atoms with E-state index in [4.69, 9.17) is 0 Å². The van der Waals surface area contributed by atoms with Crippen molar-refractivity contribution in [2.24, 2.45) is 0 Å². The van der Waals surface area contributed by atoms with E-state index in [9.17, 15) is 18.0 Å². The molecule has 1 aromatic heterocycles. The van der Waals surface area contributed by atoms with Gasteiger partial charge < -0.3 is 4.90 Å². The van der Waals surface area contributed by atoms with Crippen molar-refractivity contribution in [2.45, 2.75) is 19.4 Å². The Bertz CT molecular complexity index is 973. The Hall–Kier alpha value is -2.67. The molecule has 0 saturated carbocycles. The fraction of sp³-hybridized carbons (Fsp3) is 0.200. The minimum Gasteiger partial charge on any atom is -0.339 e. The van der Waals surface area contributed by atoms with E-state index in [1.54, 1.807) is 31.5 Å². The third kappa shape index (κ3) is 4.36. The number of carbonyl (C=O) groups excluding carboxylic acids is 1. The number of amides is 1. The highest BCUT2D eigenvalue weighted by atomic mass is 32.1. The highest BCUT2D eigenvalue weighted by Crippen LogP contribution is 2.26. The molecule has 0 fully saturated rings. The number of nitrogens with zero attached hydrogens (tertiary/aromatic N) is 2. The smallest absolute Gasteiger partial charge is 0.228 e. The van der Waals surface area contributed by atoms with Crippen molar-refractivity contribution >= 4 is 17.2 Å². The normalized spacial score (nSPS) is 12.0. The fourth-order valence-corrected chi connectivity index (χ4v) is 3.45. The van der Waals surface area contributed by atoms with Gasteiger partial charge in [0.15, 0.2) is 11.6 Å². The van der Waals surface area contributed by atoms with Crippen molar-refractivity contribution in [3.63, 3.8) is 0 Å². The molecule has 1 amide bonds. The van der Waals surface area contributed by atoms with E-state index in [1.165, 1.54) is 34.4 Å². The predicted octanol–water partition coefficient (Wildman–Crippen LogP) is 4.99. The first-order valence-electron chi connectivity index (χ1n) is 8.26. The number of benzene rings is 2. The highest BCUT2D eigenvalue weighted by Gasteiger charge is 2.20. The first-order valence-corrected chi connectivity index (χ1v) is 9.14. The molecule has 3 nitrogen and oxygen atoms in total. The third-order valence-electron chi connectivity index (χ3n) is 4.36. The summed E-state index contributed by atoms with van der Waals surface area (Å²) in [5.74, 6) is -2.42. The van der Waals surface area contributed by atoms with Crippen molar-refractivity contribution in [1.29, 1.82) is 0 Å². The topological polar surface area (TPSA) is 33.2 Å². The average molecular weight is 390 g/mol. The standard InChI is InChI=1S/C20H17F3N2OS/c1-12(13-6-7-17(22)18(23)9-13)25(2)19(26)10-16-11-27-20(24-16)14-4-3-5-15(21)8-14/h3-9,11-12H,10H2,1-2H3. The summed E-state index contributed by atoms with van der Waals surface area (Å²) in [6.07, 6.45) is 0.0658. The second-order valence-electron chi connectivity index (χ2n) is 6.19. The third-order valence-corrected chi connectivity index (χ3v) is 5.30. The largest absolute Gasteiger partial charge is 0.339 e. The molecule has 27 heavy (non-hydrogen) atoms. The number of hydrogen-bond acceptors (Lipinski definition) is 3. The van der Waals surface area contributed by atoms with Crippen LogP contribution in [0.5, 0.6) is 0 Å². The molecule has 1 atom stereocenters. The lowest BCUT2D eigenvalue weighted by atomic mass is 10.1. The van der Waals surface area contributed by atoms with Gasteiger partial charge in [-0.2, -0.15) is 0 Å². The monoisotopic (exact) mass is 390 g/mol. The predicted molar refractivity (Wildman–Crippen MR) is 98.8 cm³/mol. The summed E-state index contributed by atoms with van der Waals surface area (Å²) in [5.41, 5.74) is 1.74. The Morgan fingerprint density at radius 1 is 1.15 bits per heavy atom. The molecule has 0 N–H and O–H groups in total. The molecule has 0 radical (unpaired) electrons. The summed E-state index contributed by atoms with van der Waals surface area (Å²) in [6.45, 7) is 1.74. The zero-order chi connectivity index (χ0) is 19.6. The second kappa shape index (κ2) is 7.92. The van der Waals surface area contributed by atoms with Crippen LogP contribution in [-0.4, -0.2) is 22.8 Å². The molecule has 0 aliphatic heterocycles. The molecule has 0 saturated heterocycles. The van der Waals surface area contributed by atoms with Crippen LogP contribution < -0.4 is 0 Å². The van der Waals surface area contributed by atoms with Crippen molar-refractivity contribution in [1.82, 2.24) is 9.88 Å². The lowest BCUT2D eigenvalue weighted by molar-refractivity contribution is -0.131. The van der Waals surface area contributed by atoms with Crippen LogP contribution in [0.25, 0.3) is 10.6 Å². The van der Waals surface area contributed by atoms with Gasteiger partial charge in [0.05, 0.1) is 18.2 Å². The Morgan fingerprint density at radius 2 is 1.93 bits per heavy atom. The maximum atomic E-state index is 13.4. The van der Waals surface area contributed by atoms with Gasteiger partial charge in [-0.1, -0.05) is 18.2 Å². The van der Waals surface area contributed by atoms with Gasteiger partial charge in [0.1, 0.15) is 10.8 Å². The molecule has 0 aliphatic carbocycles. The summed E-state index contributed by atoms with van der Waals surface area (Å²) in [4.78, 5) is 18.4. The van der Waals surface area contributed by atoms with Crippen LogP contribution in [-0.2, 0) is 11.2 Å². The van der Waals surface area contributed by atoms with E-state index >= 15 is 0 Å². The number of rotatable bonds is 5. The molecule has 0 aliphatic rings. The fourth-order valence-electron chi connectivity index (χ4n) is 2.63. The molecule has 0 bridgehead atoms. The molecule has 7 heteroatoms. The summed E-state index contributed by atoms with van der Waals surface area (Å²) < 4.78 is 39.9. The summed E-state index contributed by atoms with van der Waals surface area (Å²) in [6, 6.07) is 9.28. The molecule has 3 aromatic rings. The number of hydrogen-bond donors (Lipinski definition) is 0. The van der Waals surface area contributed by atoms with E-state index < -0.39 is 17.7 Å². The molecule has 1 unspecified atom stereocenters. The van der Waals surface area contributed by atoms with Gasteiger partial charge in [0.25, 0.3) is 0 Å². The Kier molecular flexibility index (Phi) is 5.60. The lowest BCUT2D eigenvalue weighted by Gasteiger charge is -2.25. The summed E-state index contributed by atoms with van der Waals surface area (Å²) in [7, 11) is 1.61. The van der Waals surface area contributed by atoms with E-state index in [1.807, 2.05) is 0 Å². The van der Waals surface area contributed by atoms with Gasteiger partial charge in [-0.3, -0.25) is 4.79 Å². The van der Waals surface area contributed by atoms with E-state index in [0.29, 0.717) is 21.8 Å². The highest BCUT2D eigenvalue weighted by molar-refractivity contribution is 7.13. The number of aromatic nitrogens is 1. The molecule has 140 valence electrons. The van der Waals surface area contributed by atoms with Crippen LogP contribution in [0.3, 0.4) is 0 Å². The van der Waals surface area contributed by atoms with E-state index in [0.717, 1.165) is 12.1 Å². The maximum Gasteiger partial charge on any atom is 0.228 e.